The molecule has 0 fully saturated rings. The molecule has 5 nitrogen and oxygen atoms in total. The summed E-state index contributed by atoms with van der Waals surface area (Å²) < 4.78 is 21.0. The quantitative estimate of drug-likeness (QED) is 0.113. The highest BCUT2D eigenvalue weighted by molar-refractivity contribution is 8.00. The fraction of sp³-hybridized carbons (Fsp3) is 0.0110. The first-order valence-corrected chi connectivity index (χ1v) is 35.1. The van der Waals surface area contributed by atoms with Crippen LogP contribution >= 0.6 is 11.8 Å². The standard InChI is InChI=1S/C91H62B2FN5S/c1-61-29-27-46-75(65-34-13-4-14-35-65)89(61)99-83-57-73(95(67-37-15-5-16-38-67)68-39-17-6-18-40-68)56-82-86(83)92(76-47-23-25-49-80(76)97(82)69-41-19-7-20-42-69)78-60-79-91(88(94)90(78)99)100-85-59-74(58-84-87(85)93(79)77-48-24-26-50-81(77)98(84)70-43-21-8-22-44-70)96(71-53-51-64(52-54-71)62-30-9-2-10-31-62)72-45-28-36-66(55-72)63-32-11-3-12-33-63/h2-60H,1H3. The van der Waals surface area contributed by atoms with Crippen LogP contribution in [0.1, 0.15) is 5.56 Å². The van der Waals surface area contributed by atoms with E-state index < -0.39 is 6.71 Å². The third-order valence-electron chi connectivity index (χ3n) is 20.4. The number of benzene rings is 15. The number of nitrogens with zero attached hydrogens (tertiary/aromatic N) is 5. The molecule has 4 heterocycles. The average molecular weight is 1300 g/mol. The molecule has 0 N–H and O–H groups in total. The van der Waals surface area contributed by atoms with Gasteiger partial charge in [-0.3, -0.25) is 0 Å². The van der Waals surface area contributed by atoms with Crippen molar-refractivity contribution in [3.05, 3.63) is 369 Å². The Hall–Kier alpha value is -12.3. The molecular weight excluding hydrogens is 1240 g/mol. The third kappa shape index (κ3) is 9.71. The highest BCUT2D eigenvalue weighted by Gasteiger charge is 2.50. The van der Waals surface area contributed by atoms with E-state index in [0.29, 0.717) is 10.6 Å². The van der Waals surface area contributed by atoms with E-state index in [2.05, 4.69) is 389 Å². The van der Waals surface area contributed by atoms with Crippen LogP contribution in [0.5, 0.6) is 0 Å². The lowest BCUT2D eigenvalue weighted by Gasteiger charge is -2.46. The Labute approximate surface area is 587 Å². The maximum absolute atomic E-state index is 21.0. The minimum absolute atomic E-state index is 0.257. The van der Waals surface area contributed by atoms with Gasteiger partial charge < -0.3 is 24.5 Å². The molecule has 4 aliphatic heterocycles. The Morgan fingerprint density at radius 3 is 1.29 bits per heavy atom. The molecular formula is C91H62B2FN5S. The molecule has 0 radical (unpaired) electrons. The van der Waals surface area contributed by atoms with Crippen molar-refractivity contribution < 1.29 is 4.39 Å². The molecule has 0 saturated heterocycles. The van der Waals surface area contributed by atoms with Crippen molar-refractivity contribution in [1.82, 2.24) is 0 Å². The minimum Gasteiger partial charge on any atom is -0.311 e. The number of hydrogen-bond acceptors (Lipinski definition) is 6. The van der Waals surface area contributed by atoms with Gasteiger partial charge in [0.05, 0.1) is 17.1 Å². The van der Waals surface area contributed by atoms with E-state index in [-0.39, 0.29) is 12.5 Å². The minimum atomic E-state index is -0.409. The summed E-state index contributed by atoms with van der Waals surface area (Å²) in [4.78, 5) is 13.6. The van der Waals surface area contributed by atoms with E-state index in [1.165, 1.54) is 0 Å². The second kappa shape index (κ2) is 24.4. The predicted octanol–water partition coefficient (Wildman–Crippen LogP) is 20.9. The summed E-state index contributed by atoms with van der Waals surface area (Å²) >= 11 is 1.57. The SMILES string of the molecule is Cc1cccc(-c2ccccc2)c1N1c2cc(N(c3ccccc3)c3ccccc3)cc3c2B(c2ccccc2N3c2ccccc2)c2cc3c(c(F)c21)Sc1cc(N(c2ccc(-c4ccccc4)cc2)c2cccc(-c4ccccc4)c2)cc2c1B3c1ccccc1N2c1ccccc1. The lowest BCUT2D eigenvalue weighted by atomic mass is 9.31. The summed E-state index contributed by atoms with van der Waals surface area (Å²) in [5.74, 6) is -0.257. The number of halogens is 1. The summed E-state index contributed by atoms with van der Waals surface area (Å²) in [6, 6.07) is 129. The molecule has 0 bridgehead atoms. The van der Waals surface area contributed by atoms with Crippen LogP contribution in [0.15, 0.2) is 368 Å². The molecule has 0 atom stereocenters. The summed E-state index contributed by atoms with van der Waals surface area (Å²) in [5.41, 5.74) is 28.4. The first-order valence-electron chi connectivity index (χ1n) is 34.2. The predicted molar refractivity (Wildman–Crippen MR) is 421 cm³/mol. The zero-order valence-corrected chi connectivity index (χ0v) is 55.6. The number of fused-ring (bicyclic) bond motifs is 8. The van der Waals surface area contributed by atoms with Crippen LogP contribution in [-0.4, -0.2) is 13.4 Å². The molecule has 15 aromatic rings. The second-order valence-electron chi connectivity index (χ2n) is 26.1. The monoisotopic (exact) mass is 1300 g/mol. The normalized spacial score (nSPS) is 12.8. The fourth-order valence-corrected chi connectivity index (χ4v) is 17.3. The van der Waals surface area contributed by atoms with Gasteiger partial charge in [0.15, 0.2) is 5.82 Å². The number of hydrogen-bond donors (Lipinski definition) is 0. The smallest absolute Gasteiger partial charge is 0.252 e. The van der Waals surface area contributed by atoms with Gasteiger partial charge in [-0.25, -0.2) is 4.39 Å². The molecule has 0 aliphatic carbocycles. The highest BCUT2D eigenvalue weighted by atomic mass is 32.2. The van der Waals surface area contributed by atoms with Crippen LogP contribution in [0.2, 0.25) is 0 Å². The molecule has 0 aromatic heterocycles. The Morgan fingerprint density at radius 1 is 0.290 bits per heavy atom. The van der Waals surface area contributed by atoms with E-state index in [9.17, 15) is 0 Å². The van der Waals surface area contributed by atoms with E-state index >= 15 is 4.39 Å². The van der Waals surface area contributed by atoms with Gasteiger partial charge in [-0.2, -0.15) is 0 Å². The molecule has 470 valence electrons. The van der Waals surface area contributed by atoms with Crippen molar-refractivity contribution in [2.24, 2.45) is 0 Å². The molecule has 0 spiro atoms. The van der Waals surface area contributed by atoms with Gasteiger partial charge in [0.25, 0.3) is 6.71 Å². The van der Waals surface area contributed by atoms with Crippen molar-refractivity contribution >= 4 is 143 Å². The Kier molecular flexibility index (Phi) is 14.4. The van der Waals surface area contributed by atoms with Crippen LogP contribution in [0, 0.1) is 12.7 Å². The second-order valence-corrected chi connectivity index (χ2v) is 27.1. The van der Waals surface area contributed by atoms with Crippen LogP contribution in [-0.2, 0) is 0 Å². The molecule has 0 amide bonds. The molecule has 19 rings (SSSR count). The van der Waals surface area contributed by atoms with Crippen molar-refractivity contribution in [3.8, 4) is 33.4 Å². The van der Waals surface area contributed by atoms with Crippen LogP contribution in [0.25, 0.3) is 33.4 Å². The molecule has 4 aliphatic rings. The van der Waals surface area contributed by atoms with Crippen molar-refractivity contribution in [2.45, 2.75) is 16.7 Å². The van der Waals surface area contributed by atoms with Gasteiger partial charge in [-0.05, 0) is 177 Å². The van der Waals surface area contributed by atoms with Crippen molar-refractivity contribution in [1.29, 1.82) is 0 Å². The molecule has 9 heteroatoms. The summed E-state index contributed by atoms with van der Waals surface area (Å²) in [6.07, 6.45) is 0. The Bertz CT molecular complexity index is 5600. The van der Waals surface area contributed by atoms with Crippen LogP contribution < -0.4 is 57.3 Å². The number of rotatable bonds is 12. The highest BCUT2D eigenvalue weighted by Crippen LogP contribution is 2.54. The first-order chi connectivity index (χ1) is 49.5. The molecule has 15 aromatic carbocycles. The van der Waals surface area contributed by atoms with Gasteiger partial charge >= 0.3 is 0 Å². The fourth-order valence-electron chi connectivity index (χ4n) is 16.1. The summed E-state index contributed by atoms with van der Waals surface area (Å²) in [7, 11) is 0. The first kappa shape index (κ1) is 59.0. The van der Waals surface area contributed by atoms with Gasteiger partial charge in [0.2, 0.25) is 6.71 Å². The number of anilines is 15. The van der Waals surface area contributed by atoms with Crippen LogP contribution in [0.4, 0.5) is 89.7 Å². The zero-order chi connectivity index (χ0) is 66.4. The van der Waals surface area contributed by atoms with E-state index in [1.807, 2.05) is 0 Å². The summed E-state index contributed by atoms with van der Waals surface area (Å²) in [6.45, 7) is 1.41. The van der Waals surface area contributed by atoms with Gasteiger partial charge in [0, 0.05) is 83.6 Å². The average Bonchev–Trinajstić information content (AvgIpc) is 0.683. The molecule has 0 saturated carbocycles. The maximum Gasteiger partial charge on any atom is 0.252 e. The summed E-state index contributed by atoms with van der Waals surface area (Å²) in [5, 5.41) is 0. The largest absolute Gasteiger partial charge is 0.311 e. The third-order valence-corrected chi connectivity index (χ3v) is 21.6. The lowest BCUT2D eigenvalue weighted by molar-refractivity contribution is 0.606. The molecule has 100 heavy (non-hydrogen) atoms. The lowest BCUT2D eigenvalue weighted by Crippen LogP contribution is -2.65. The van der Waals surface area contributed by atoms with Crippen molar-refractivity contribution in [2.75, 3.05) is 24.5 Å². The van der Waals surface area contributed by atoms with E-state index in [1.54, 1.807) is 11.8 Å². The van der Waals surface area contributed by atoms with Gasteiger partial charge in [0.1, 0.15) is 0 Å². The van der Waals surface area contributed by atoms with E-state index in [4.69, 9.17) is 0 Å². The van der Waals surface area contributed by atoms with Crippen LogP contribution in [0.3, 0.4) is 0 Å². The van der Waals surface area contributed by atoms with Gasteiger partial charge in [-0.15, -0.1) is 0 Å². The zero-order valence-electron chi connectivity index (χ0n) is 54.7. The maximum atomic E-state index is 21.0. The Morgan fingerprint density at radius 2 is 0.710 bits per heavy atom. The number of para-hydroxylation sites is 7. The Balaban J connectivity index is 0.905. The van der Waals surface area contributed by atoms with E-state index in [0.717, 1.165) is 156 Å². The van der Waals surface area contributed by atoms with Crippen molar-refractivity contribution in [3.63, 3.8) is 0 Å². The number of aryl methyl sites for hydroxylation is 1. The molecule has 0 unspecified atom stereocenters. The topological polar surface area (TPSA) is 16.2 Å². The van der Waals surface area contributed by atoms with Gasteiger partial charge in [-0.1, -0.05) is 266 Å².